The maximum atomic E-state index is 13.2. The number of hydrogen-bond donors (Lipinski definition) is 1. The molecule has 0 saturated heterocycles. The smallest absolute Gasteiger partial charge is 0.232 e. The first-order valence-electron chi connectivity index (χ1n) is 6.84. The number of carbonyl (C=O) groups is 1. The quantitative estimate of drug-likeness (QED) is 0.796. The Labute approximate surface area is 125 Å². The Hall–Kier alpha value is -1.63. The molecule has 0 atom stereocenters. The van der Waals surface area contributed by atoms with Crippen molar-refractivity contribution in [2.45, 2.75) is 26.2 Å². The third-order valence-corrected chi connectivity index (χ3v) is 4.09. The lowest BCUT2D eigenvalue weighted by molar-refractivity contribution is -0.121. The third-order valence-electron chi connectivity index (χ3n) is 2.89. The number of nitrogens with zero attached hydrogens (tertiary/aromatic N) is 1. The molecule has 0 aliphatic heterocycles. The lowest BCUT2D eigenvalue weighted by Gasteiger charge is -2.22. The molecule has 0 unspecified atom stereocenters. The number of rotatable bonds is 8. The Balaban J connectivity index is 2.67. The number of carbonyl (C=O) groups excluding carboxylic acids is 1. The summed E-state index contributed by atoms with van der Waals surface area (Å²) in [5, 5.41) is 2.67. The van der Waals surface area contributed by atoms with Crippen LogP contribution in [0, 0.1) is 5.82 Å². The van der Waals surface area contributed by atoms with Gasteiger partial charge in [-0.2, -0.15) is 0 Å². The summed E-state index contributed by atoms with van der Waals surface area (Å²) < 4.78 is 37.9. The van der Waals surface area contributed by atoms with E-state index in [1.165, 1.54) is 18.2 Å². The second-order valence-corrected chi connectivity index (χ2v) is 6.68. The van der Waals surface area contributed by atoms with Crippen LogP contribution in [0.3, 0.4) is 0 Å². The fourth-order valence-corrected chi connectivity index (χ4v) is 2.76. The molecule has 21 heavy (non-hydrogen) atoms. The topological polar surface area (TPSA) is 66.5 Å². The Morgan fingerprint density at radius 3 is 2.67 bits per heavy atom. The van der Waals surface area contributed by atoms with Gasteiger partial charge in [0.2, 0.25) is 15.9 Å². The number of unbranched alkanes of at least 4 members (excludes halogenated alkanes) is 1. The molecule has 1 amide bonds. The number of anilines is 1. The van der Waals surface area contributed by atoms with Crippen LogP contribution in [0.5, 0.6) is 0 Å². The van der Waals surface area contributed by atoms with Crippen molar-refractivity contribution in [1.29, 1.82) is 0 Å². The summed E-state index contributed by atoms with van der Waals surface area (Å²) in [6.45, 7) is 2.24. The molecule has 0 aliphatic rings. The number of sulfonamides is 1. The molecule has 1 rings (SSSR count). The van der Waals surface area contributed by atoms with E-state index < -0.39 is 15.8 Å². The van der Waals surface area contributed by atoms with Crippen molar-refractivity contribution in [2.24, 2.45) is 0 Å². The molecule has 7 heteroatoms. The normalized spacial score (nSPS) is 11.2. The molecule has 0 aromatic heterocycles. The van der Waals surface area contributed by atoms with Crippen LogP contribution in [-0.2, 0) is 14.8 Å². The van der Waals surface area contributed by atoms with Crippen LogP contribution in [0.25, 0.3) is 0 Å². The second kappa shape index (κ2) is 7.97. The van der Waals surface area contributed by atoms with Crippen molar-refractivity contribution in [3.8, 4) is 0 Å². The highest BCUT2D eigenvalue weighted by Crippen LogP contribution is 2.17. The van der Waals surface area contributed by atoms with Gasteiger partial charge in [0.05, 0.1) is 18.5 Å². The van der Waals surface area contributed by atoms with Crippen molar-refractivity contribution in [1.82, 2.24) is 5.32 Å². The molecule has 0 saturated carbocycles. The van der Waals surface area contributed by atoms with Crippen LogP contribution >= 0.6 is 0 Å². The molecule has 118 valence electrons. The summed E-state index contributed by atoms with van der Waals surface area (Å²) >= 11 is 0. The van der Waals surface area contributed by atoms with E-state index >= 15 is 0 Å². The maximum absolute atomic E-state index is 13.2. The van der Waals surface area contributed by atoms with E-state index in [4.69, 9.17) is 0 Å². The van der Waals surface area contributed by atoms with Crippen molar-refractivity contribution in [3.05, 3.63) is 30.1 Å². The predicted molar refractivity (Wildman–Crippen MR) is 81.1 cm³/mol. The molecular formula is C14H21FN2O3S. The molecule has 1 aromatic rings. The molecule has 5 nitrogen and oxygen atoms in total. The molecule has 0 heterocycles. The van der Waals surface area contributed by atoms with Crippen LogP contribution in [0.4, 0.5) is 10.1 Å². The van der Waals surface area contributed by atoms with Crippen LogP contribution in [-0.4, -0.2) is 33.7 Å². The molecule has 0 radical (unpaired) electrons. The Morgan fingerprint density at radius 2 is 2.10 bits per heavy atom. The van der Waals surface area contributed by atoms with E-state index in [9.17, 15) is 17.6 Å². The van der Waals surface area contributed by atoms with E-state index in [0.717, 1.165) is 29.5 Å². The van der Waals surface area contributed by atoms with E-state index in [0.29, 0.717) is 6.42 Å². The van der Waals surface area contributed by atoms with Gasteiger partial charge < -0.3 is 5.32 Å². The van der Waals surface area contributed by atoms with E-state index in [1.807, 2.05) is 6.92 Å². The van der Waals surface area contributed by atoms with Crippen LogP contribution in [0.15, 0.2) is 24.3 Å². The molecule has 0 aliphatic carbocycles. The van der Waals surface area contributed by atoms with E-state index in [2.05, 4.69) is 5.32 Å². The second-order valence-electron chi connectivity index (χ2n) is 4.77. The van der Waals surface area contributed by atoms with Gasteiger partial charge >= 0.3 is 0 Å². The maximum Gasteiger partial charge on any atom is 0.232 e. The minimum atomic E-state index is -3.53. The first-order valence-corrected chi connectivity index (χ1v) is 8.69. The van der Waals surface area contributed by atoms with Gasteiger partial charge in [-0.25, -0.2) is 12.8 Å². The average Bonchev–Trinajstić information content (AvgIpc) is 2.39. The number of hydrogen-bond acceptors (Lipinski definition) is 3. The zero-order chi connectivity index (χ0) is 15.9. The molecule has 1 N–H and O–H groups in total. The van der Waals surface area contributed by atoms with Gasteiger partial charge in [-0.15, -0.1) is 0 Å². The van der Waals surface area contributed by atoms with Crippen LogP contribution in [0.2, 0.25) is 0 Å². The van der Waals surface area contributed by atoms with Gasteiger partial charge in [-0.1, -0.05) is 19.4 Å². The van der Waals surface area contributed by atoms with Gasteiger partial charge in [0.25, 0.3) is 0 Å². The molecule has 0 bridgehead atoms. The molecule has 0 spiro atoms. The van der Waals surface area contributed by atoms with Crippen molar-refractivity contribution in [3.63, 3.8) is 0 Å². The fourth-order valence-electron chi connectivity index (χ4n) is 1.84. The Morgan fingerprint density at radius 1 is 1.38 bits per heavy atom. The summed E-state index contributed by atoms with van der Waals surface area (Å²) in [4.78, 5) is 11.5. The SMILES string of the molecule is CCCCC(=O)NCCN(c1cccc(F)c1)S(C)(=O)=O. The zero-order valence-electron chi connectivity index (χ0n) is 12.3. The van der Waals surface area contributed by atoms with Gasteiger partial charge in [0.1, 0.15) is 5.82 Å². The average molecular weight is 316 g/mol. The monoisotopic (exact) mass is 316 g/mol. The van der Waals surface area contributed by atoms with E-state index in [1.54, 1.807) is 0 Å². The van der Waals surface area contributed by atoms with Gasteiger partial charge in [0.15, 0.2) is 0 Å². The first kappa shape index (κ1) is 17.4. The largest absolute Gasteiger partial charge is 0.354 e. The number of halogens is 1. The van der Waals surface area contributed by atoms with Gasteiger partial charge in [-0.05, 0) is 24.6 Å². The summed E-state index contributed by atoms with van der Waals surface area (Å²) in [6, 6.07) is 5.36. The predicted octanol–water partition coefficient (Wildman–Crippen LogP) is 1.90. The standard InChI is InChI=1S/C14H21FN2O3S/c1-3-4-8-14(18)16-9-10-17(21(2,19)20)13-7-5-6-12(15)11-13/h5-7,11H,3-4,8-10H2,1-2H3,(H,16,18). The van der Waals surface area contributed by atoms with E-state index in [-0.39, 0.29) is 24.7 Å². The summed E-state index contributed by atoms with van der Waals surface area (Å²) in [7, 11) is -3.53. The summed E-state index contributed by atoms with van der Waals surface area (Å²) in [6.07, 6.45) is 3.20. The number of nitrogens with one attached hydrogen (secondary N) is 1. The number of amides is 1. The third kappa shape index (κ3) is 6.12. The lowest BCUT2D eigenvalue weighted by Crippen LogP contribution is -2.38. The summed E-state index contributed by atoms with van der Waals surface area (Å²) in [5.41, 5.74) is 0.250. The van der Waals surface area contributed by atoms with Crippen LogP contribution < -0.4 is 9.62 Å². The summed E-state index contributed by atoms with van der Waals surface area (Å²) in [5.74, 6) is -0.613. The minimum Gasteiger partial charge on any atom is -0.354 e. The molecule has 0 fully saturated rings. The van der Waals surface area contributed by atoms with Crippen molar-refractivity contribution < 1.29 is 17.6 Å². The fraction of sp³-hybridized carbons (Fsp3) is 0.500. The Bertz CT molecular complexity index is 575. The highest BCUT2D eigenvalue weighted by Gasteiger charge is 2.17. The van der Waals surface area contributed by atoms with Crippen LogP contribution in [0.1, 0.15) is 26.2 Å². The highest BCUT2D eigenvalue weighted by atomic mass is 32.2. The Kier molecular flexibility index (Phi) is 6.61. The molecule has 1 aromatic carbocycles. The van der Waals surface area contributed by atoms with Crippen molar-refractivity contribution in [2.75, 3.05) is 23.7 Å². The van der Waals surface area contributed by atoms with Gasteiger partial charge in [0, 0.05) is 13.0 Å². The van der Waals surface area contributed by atoms with Gasteiger partial charge in [-0.3, -0.25) is 9.10 Å². The van der Waals surface area contributed by atoms with Crippen molar-refractivity contribution >= 4 is 21.6 Å². The zero-order valence-corrected chi connectivity index (χ0v) is 13.1. The molecular weight excluding hydrogens is 295 g/mol. The highest BCUT2D eigenvalue weighted by molar-refractivity contribution is 7.92. The minimum absolute atomic E-state index is 0.0696. The first-order chi connectivity index (χ1) is 9.84. The number of benzene rings is 1. The lowest BCUT2D eigenvalue weighted by atomic mass is 10.2.